The van der Waals surface area contributed by atoms with Crippen molar-refractivity contribution >= 4 is 47.2 Å². The molecule has 0 aliphatic carbocycles. The Morgan fingerprint density at radius 2 is 1.04 bits per heavy atom. The number of nitrogens with zero attached hydrogens (tertiary/aromatic N) is 4. The normalized spacial score (nSPS) is 17.2. The summed E-state index contributed by atoms with van der Waals surface area (Å²) in [5.74, 6) is -0.839. The Bertz CT molecular complexity index is 1750. The summed E-state index contributed by atoms with van der Waals surface area (Å²) in [7, 11) is 0. The van der Waals surface area contributed by atoms with E-state index in [0.717, 1.165) is 47.9 Å². The lowest BCUT2D eigenvalue weighted by Crippen LogP contribution is -2.43. The number of aryl methyl sites for hydroxylation is 2. The maximum atomic E-state index is 13.2. The first kappa shape index (κ1) is 34.2. The van der Waals surface area contributed by atoms with Crippen LogP contribution in [0.15, 0.2) is 85.2 Å². The van der Waals surface area contributed by atoms with Gasteiger partial charge in [-0.3, -0.25) is 29.1 Å². The molecular formula is C40H42N6O4. The van der Waals surface area contributed by atoms with E-state index in [1.165, 1.54) is 0 Å². The van der Waals surface area contributed by atoms with Crippen molar-refractivity contribution in [1.82, 2.24) is 19.8 Å². The van der Waals surface area contributed by atoms with E-state index in [1.807, 2.05) is 86.7 Å². The molecule has 50 heavy (non-hydrogen) atoms. The minimum absolute atomic E-state index is 0.205. The van der Waals surface area contributed by atoms with Gasteiger partial charge in [-0.25, -0.2) is 0 Å². The lowest BCUT2D eigenvalue weighted by atomic mass is 10.1. The average Bonchev–Trinajstić information content (AvgIpc) is 3.86. The van der Waals surface area contributed by atoms with Crippen molar-refractivity contribution in [2.75, 3.05) is 23.7 Å². The van der Waals surface area contributed by atoms with Gasteiger partial charge in [-0.15, -0.1) is 0 Å². The van der Waals surface area contributed by atoms with Crippen molar-refractivity contribution in [3.63, 3.8) is 0 Å². The highest BCUT2D eigenvalue weighted by Gasteiger charge is 2.36. The van der Waals surface area contributed by atoms with Gasteiger partial charge in [-0.2, -0.15) is 0 Å². The van der Waals surface area contributed by atoms with E-state index in [-0.39, 0.29) is 23.6 Å². The first-order valence-corrected chi connectivity index (χ1v) is 17.3. The summed E-state index contributed by atoms with van der Waals surface area (Å²) >= 11 is 0. The highest BCUT2D eigenvalue weighted by Crippen LogP contribution is 2.24. The molecule has 4 aromatic rings. The van der Waals surface area contributed by atoms with Crippen LogP contribution in [-0.2, 0) is 22.4 Å². The van der Waals surface area contributed by atoms with Crippen molar-refractivity contribution in [3.05, 3.63) is 119 Å². The number of pyridine rings is 2. The molecule has 0 saturated carbocycles. The van der Waals surface area contributed by atoms with Gasteiger partial charge in [0.25, 0.3) is 11.8 Å². The van der Waals surface area contributed by atoms with Crippen molar-refractivity contribution in [3.8, 4) is 0 Å². The van der Waals surface area contributed by atoms with Crippen LogP contribution < -0.4 is 10.6 Å². The summed E-state index contributed by atoms with van der Waals surface area (Å²) in [6.07, 6.45) is 11.6. The van der Waals surface area contributed by atoms with E-state index < -0.39 is 12.1 Å². The van der Waals surface area contributed by atoms with Crippen LogP contribution in [0.2, 0.25) is 0 Å². The van der Waals surface area contributed by atoms with E-state index in [2.05, 4.69) is 20.6 Å². The third-order valence-electron chi connectivity index (χ3n) is 9.36. The molecule has 4 heterocycles. The van der Waals surface area contributed by atoms with E-state index in [9.17, 15) is 19.2 Å². The monoisotopic (exact) mass is 670 g/mol. The number of rotatable bonds is 10. The molecule has 0 spiro atoms. The Morgan fingerprint density at radius 1 is 0.640 bits per heavy atom. The second kappa shape index (κ2) is 15.7. The molecule has 2 N–H and O–H groups in total. The first-order chi connectivity index (χ1) is 24.3. The van der Waals surface area contributed by atoms with Crippen molar-refractivity contribution in [2.45, 2.75) is 64.5 Å². The molecule has 256 valence electrons. The number of hydrogen-bond acceptors (Lipinski definition) is 6. The predicted molar refractivity (Wildman–Crippen MR) is 194 cm³/mol. The van der Waals surface area contributed by atoms with Crippen molar-refractivity contribution in [1.29, 1.82) is 0 Å². The second-order valence-electron chi connectivity index (χ2n) is 12.7. The summed E-state index contributed by atoms with van der Waals surface area (Å²) in [5.41, 5.74) is 6.03. The van der Waals surface area contributed by atoms with E-state index in [0.29, 0.717) is 48.7 Å². The van der Waals surface area contributed by atoms with E-state index in [4.69, 9.17) is 0 Å². The highest BCUT2D eigenvalue weighted by molar-refractivity contribution is 6.02. The molecule has 4 amide bonds. The molecule has 10 heteroatoms. The Labute approximate surface area is 292 Å². The molecular weight excluding hydrogens is 628 g/mol. The number of hydrogen-bond donors (Lipinski definition) is 2. The van der Waals surface area contributed by atoms with Gasteiger partial charge in [-0.05, 0) is 109 Å². The van der Waals surface area contributed by atoms with Gasteiger partial charge < -0.3 is 20.4 Å². The highest BCUT2D eigenvalue weighted by atomic mass is 16.2. The van der Waals surface area contributed by atoms with Crippen LogP contribution >= 0.6 is 0 Å². The minimum atomic E-state index is -0.540. The number of aromatic nitrogens is 2. The molecule has 2 atom stereocenters. The van der Waals surface area contributed by atoms with Gasteiger partial charge in [0.2, 0.25) is 11.8 Å². The van der Waals surface area contributed by atoms with Gasteiger partial charge in [-0.1, -0.05) is 50.3 Å². The fraction of sp³-hybridized carbons (Fsp3) is 0.300. The number of anilines is 2. The summed E-state index contributed by atoms with van der Waals surface area (Å²) in [6.45, 7) is 5.11. The smallest absolute Gasteiger partial charge is 0.273 e. The van der Waals surface area contributed by atoms with E-state index in [1.54, 1.807) is 34.3 Å². The molecule has 0 bridgehead atoms. The Kier molecular flexibility index (Phi) is 10.8. The minimum Gasteiger partial charge on any atom is -0.325 e. The van der Waals surface area contributed by atoms with Crippen LogP contribution in [0.4, 0.5) is 11.4 Å². The lowest BCUT2D eigenvalue weighted by Gasteiger charge is -2.24. The number of likely N-dealkylation sites (tertiary alicyclic amines) is 2. The average molecular weight is 671 g/mol. The van der Waals surface area contributed by atoms with Crippen LogP contribution in [0.25, 0.3) is 12.2 Å². The molecule has 6 rings (SSSR count). The van der Waals surface area contributed by atoms with Crippen LogP contribution in [0.5, 0.6) is 0 Å². The van der Waals surface area contributed by atoms with E-state index >= 15 is 0 Å². The molecule has 2 aromatic heterocycles. The summed E-state index contributed by atoms with van der Waals surface area (Å²) in [5, 5.41) is 5.94. The third kappa shape index (κ3) is 7.97. The van der Waals surface area contributed by atoms with Gasteiger partial charge in [0.05, 0.1) is 0 Å². The maximum absolute atomic E-state index is 13.2. The topological polar surface area (TPSA) is 125 Å². The Hall–Kier alpha value is -5.64. The summed E-state index contributed by atoms with van der Waals surface area (Å²) < 4.78 is 0. The van der Waals surface area contributed by atoms with Gasteiger partial charge in [0.1, 0.15) is 23.5 Å². The molecule has 2 aromatic carbocycles. The third-order valence-corrected chi connectivity index (χ3v) is 9.36. The van der Waals surface area contributed by atoms with Gasteiger partial charge in [0, 0.05) is 36.9 Å². The van der Waals surface area contributed by atoms with Crippen LogP contribution in [0, 0.1) is 0 Å². The Balaban J connectivity index is 1.01. The molecule has 10 nitrogen and oxygen atoms in total. The van der Waals surface area contributed by atoms with Crippen LogP contribution in [0.3, 0.4) is 0 Å². The zero-order chi connectivity index (χ0) is 35.0. The van der Waals surface area contributed by atoms with Gasteiger partial charge >= 0.3 is 0 Å². The predicted octanol–water partition coefficient (Wildman–Crippen LogP) is 6.26. The molecule has 0 unspecified atom stereocenters. The van der Waals surface area contributed by atoms with Gasteiger partial charge in [0.15, 0.2) is 0 Å². The quantitative estimate of drug-likeness (QED) is 0.192. The molecule has 0 radical (unpaired) electrons. The number of amides is 4. The van der Waals surface area contributed by atoms with Crippen LogP contribution in [0.1, 0.15) is 82.8 Å². The summed E-state index contributed by atoms with van der Waals surface area (Å²) in [4.78, 5) is 64.5. The largest absolute Gasteiger partial charge is 0.325 e. The van der Waals surface area contributed by atoms with Crippen molar-refractivity contribution in [2.24, 2.45) is 0 Å². The molecule has 2 aliphatic rings. The standard InChI is InChI=1S/C40H42N6O4/c1-3-27-19-21-41-33(25-27)39(49)45-23-5-7-35(45)37(47)43-31-15-11-29(12-16-31)9-10-30-13-17-32(18-14-30)44-38(48)36-8-6-24-46(36)40(50)34-26-28(4-2)20-22-42-34/h9-22,25-26,35-36H,3-8,23-24H2,1-2H3,(H,43,47)(H,44,48)/t35-,36-/m0/s1. The fourth-order valence-electron chi connectivity index (χ4n) is 6.48. The number of carbonyl (C=O) groups is 4. The van der Waals surface area contributed by atoms with Crippen LogP contribution in [-0.4, -0.2) is 68.6 Å². The first-order valence-electron chi connectivity index (χ1n) is 17.3. The SMILES string of the molecule is CCc1ccnc(C(=O)N2CCC[C@H]2C(=O)Nc2ccc(C=Cc3ccc(NC(=O)[C@@H]4CCCN4C(=O)c4cc(CC)ccn4)cc3)cc2)c1. The summed E-state index contributed by atoms with van der Waals surface area (Å²) in [6, 6.07) is 21.4. The lowest BCUT2D eigenvalue weighted by molar-refractivity contribution is -0.120. The number of nitrogens with one attached hydrogen (secondary N) is 2. The zero-order valence-corrected chi connectivity index (χ0v) is 28.5. The molecule has 2 fully saturated rings. The second-order valence-corrected chi connectivity index (χ2v) is 12.7. The Morgan fingerprint density at radius 3 is 1.42 bits per heavy atom. The number of carbonyl (C=O) groups excluding carboxylic acids is 4. The zero-order valence-electron chi connectivity index (χ0n) is 28.5. The maximum Gasteiger partial charge on any atom is 0.273 e. The molecule has 2 saturated heterocycles. The van der Waals surface area contributed by atoms with Crippen molar-refractivity contribution < 1.29 is 19.2 Å². The molecule has 2 aliphatic heterocycles. The number of benzene rings is 2. The fourth-order valence-corrected chi connectivity index (χ4v) is 6.48.